The molecule has 2 aromatic rings. The number of hydrogen-bond donors (Lipinski definition) is 1. The van der Waals surface area contributed by atoms with Gasteiger partial charge in [-0.25, -0.2) is 0 Å². The lowest BCUT2D eigenvalue weighted by Gasteiger charge is -2.06. The topological polar surface area (TPSA) is 68.3 Å². The fraction of sp³-hybridized carbons (Fsp3) is 0.231. The largest absolute Gasteiger partial charge is 0.469 e. The Morgan fingerprint density at radius 3 is 2.89 bits per heavy atom. The number of benzene rings is 1. The van der Waals surface area contributed by atoms with Crippen LogP contribution in [-0.4, -0.2) is 11.5 Å². The summed E-state index contributed by atoms with van der Waals surface area (Å²) in [5, 5.41) is 14.4. The zero-order chi connectivity index (χ0) is 13.7. The molecule has 0 aliphatic rings. The molecule has 0 bridgehead atoms. The molecule has 0 fully saturated rings. The molecule has 19 heavy (non-hydrogen) atoms. The summed E-state index contributed by atoms with van der Waals surface area (Å²) in [6, 6.07) is 8.18. The minimum Gasteiger partial charge on any atom is -0.469 e. The number of furan rings is 1. The van der Waals surface area contributed by atoms with Crippen molar-refractivity contribution < 1.29 is 9.34 Å². The molecule has 1 aromatic heterocycles. The van der Waals surface area contributed by atoms with Crippen molar-refractivity contribution in [3.05, 3.63) is 63.1 Å². The van der Waals surface area contributed by atoms with E-state index in [1.54, 1.807) is 12.3 Å². The summed E-state index contributed by atoms with van der Waals surface area (Å²) in [4.78, 5) is 10.3. The second-order valence-corrected chi connectivity index (χ2v) is 4.45. The van der Waals surface area contributed by atoms with E-state index in [1.807, 2.05) is 12.1 Å². The molecule has 1 N–H and O–H groups in total. The highest BCUT2D eigenvalue weighted by Crippen LogP contribution is 2.21. The maximum Gasteiger partial charge on any atom is 0.269 e. The molecule has 6 heteroatoms. The van der Waals surface area contributed by atoms with E-state index in [0.717, 1.165) is 17.7 Å². The third-order valence-electron chi connectivity index (χ3n) is 2.68. The number of nitrogens with one attached hydrogen (secondary N) is 1. The van der Waals surface area contributed by atoms with E-state index in [2.05, 4.69) is 5.32 Å². The van der Waals surface area contributed by atoms with Crippen LogP contribution in [0.1, 0.15) is 11.3 Å². The van der Waals surface area contributed by atoms with E-state index in [0.29, 0.717) is 18.1 Å². The Kier molecular flexibility index (Phi) is 4.54. The van der Waals surface area contributed by atoms with E-state index in [4.69, 9.17) is 16.0 Å². The Hall–Kier alpha value is -1.85. The van der Waals surface area contributed by atoms with Crippen molar-refractivity contribution in [1.82, 2.24) is 5.32 Å². The van der Waals surface area contributed by atoms with Gasteiger partial charge in [0.25, 0.3) is 5.69 Å². The van der Waals surface area contributed by atoms with Gasteiger partial charge in [-0.15, -0.1) is 0 Å². The molecule has 0 spiro atoms. The Labute approximate surface area is 115 Å². The molecule has 0 aliphatic carbocycles. The molecule has 0 atom stereocenters. The summed E-state index contributed by atoms with van der Waals surface area (Å²) in [7, 11) is 0. The molecule has 0 amide bonds. The predicted octanol–water partition coefficient (Wildman–Crippen LogP) is 3.17. The second-order valence-electron chi connectivity index (χ2n) is 4.04. The summed E-state index contributed by atoms with van der Waals surface area (Å²) in [6.07, 6.45) is 2.40. The molecule has 2 rings (SSSR count). The number of nitro groups is 1. The van der Waals surface area contributed by atoms with Gasteiger partial charge < -0.3 is 9.73 Å². The quantitative estimate of drug-likeness (QED) is 0.501. The van der Waals surface area contributed by atoms with Crippen molar-refractivity contribution in [3.63, 3.8) is 0 Å². The maximum atomic E-state index is 10.7. The van der Waals surface area contributed by atoms with Crippen molar-refractivity contribution in [2.45, 2.75) is 13.0 Å². The number of nitro benzene ring substituents is 1. The fourth-order valence-corrected chi connectivity index (χ4v) is 1.88. The Bertz CT molecular complexity index is 555. The number of non-ortho nitro benzene ring substituents is 1. The fourth-order valence-electron chi connectivity index (χ4n) is 1.70. The zero-order valence-corrected chi connectivity index (χ0v) is 10.9. The summed E-state index contributed by atoms with van der Waals surface area (Å²) in [5.74, 6) is 0.901. The van der Waals surface area contributed by atoms with Gasteiger partial charge >= 0.3 is 0 Å². The molecule has 0 saturated heterocycles. The summed E-state index contributed by atoms with van der Waals surface area (Å²) < 4.78 is 5.20. The highest BCUT2D eigenvalue weighted by atomic mass is 35.5. The van der Waals surface area contributed by atoms with Gasteiger partial charge in [0.2, 0.25) is 0 Å². The second kappa shape index (κ2) is 6.36. The Morgan fingerprint density at radius 1 is 1.37 bits per heavy atom. The average Bonchev–Trinajstić information content (AvgIpc) is 2.89. The highest BCUT2D eigenvalue weighted by Gasteiger charge is 2.09. The molecule has 1 heterocycles. The van der Waals surface area contributed by atoms with Gasteiger partial charge in [0, 0.05) is 36.7 Å². The van der Waals surface area contributed by atoms with Crippen LogP contribution >= 0.6 is 11.6 Å². The van der Waals surface area contributed by atoms with Crippen LogP contribution < -0.4 is 5.32 Å². The summed E-state index contributed by atoms with van der Waals surface area (Å²) in [5.41, 5.74) is 0.766. The van der Waals surface area contributed by atoms with Gasteiger partial charge in [-0.3, -0.25) is 10.1 Å². The van der Waals surface area contributed by atoms with Crippen molar-refractivity contribution >= 4 is 17.3 Å². The van der Waals surface area contributed by atoms with Crippen molar-refractivity contribution in [1.29, 1.82) is 0 Å². The highest BCUT2D eigenvalue weighted by molar-refractivity contribution is 6.31. The standard InChI is InChI=1S/C13H13ClN2O3/c14-13-4-3-11(16(17)18)8-10(13)9-15-6-5-12-2-1-7-19-12/h1-4,7-8,15H,5-6,9H2. The first-order valence-electron chi connectivity index (χ1n) is 5.83. The molecule has 0 radical (unpaired) electrons. The van der Waals surface area contributed by atoms with Crippen molar-refractivity contribution in [2.75, 3.05) is 6.54 Å². The third kappa shape index (κ3) is 3.81. The minimum atomic E-state index is -0.428. The molecule has 0 saturated carbocycles. The average molecular weight is 281 g/mol. The van der Waals surface area contributed by atoms with Crippen LogP contribution in [0.25, 0.3) is 0 Å². The molecular formula is C13H13ClN2O3. The van der Waals surface area contributed by atoms with Crippen molar-refractivity contribution in [2.24, 2.45) is 0 Å². The van der Waals surface area contributed by atoms with E-state index in [9.17, 15) is 10.1 Å². The van der Waals surface area contributed by atoms with Gasteiger partial charge in [0.15, 0.2) is 0 Å². The van der Waals surface area contributed by atoms with Gasteiger partial charge in [-0.05, 0) is 23.8 Å². The molecule has 0 unspecified atom stereocenters. The molecular weight excluding hydrogens is 268 g/mol. The Balaban J connectivity index is 1.88. The van der Waals surface area contributed by atoms with Gasteiger partial charge in [-0.2, -0.15) is 0 Å². The van der Waals surface area contributed by atoms with E-state index in [-0.39, 0.29) is 5.69 Å². The number of nitrogens with zero attached hydrogens (tertiary/aromatic N) is 1. The molecule has 5 nitrogen and oxygen atoms in total. The number of hydrogen-bond acceptors (Lipinski definition) is 4. The van der Waals surface area contributed by atoms with Crippen LogP contribution in [0.3, 0.4) is 0 Å². The first-order valence-corrected chi connectivity index (χ1v) is 6.20. The van der Waals surface area contributed by atoms with Crippen LogP contribution in [0.5, 0.6) is 0 Å². The Morgan fingerprint density at radius 2 is 2.21 bits per heavy atom. The van der Waals surface area contributed by atoms with Gasteiger partial charge in [0.1, 0.15) is 5.76 Å². The van der Waals surface area contributed by atoms with Crippen LogP contribution in [0, 0.1) is 10.1 Å². The van der Waals surface area contributed by atoms with Crippen LogP contribution in [-0.2, 0) is 13.0 Å². The number of halogens is 1. The monoisotopic (exact) mass is 280 g/mol. The van der Waals surface area contributed by atoms with Crippen LogP contribution in [0.15, 0.2) is 41.0 Å². The number of rotatable bonds is 6. The van der Waals surface area contributed by atoms with Crippen molar-refractivity contribution in [3.8, 4) is 0 Å². The smallest absolute Gasteiger partial charge is 0.269 e. The third-order valence-corrected chi connectivity index (χ3v) is 3.05. The van der Waals surface area contributed by atoms with E-state index in [1.165, 1.54) is 12.1 Å². The SMILES string of the molecule is O=[N+]([O-])c1ccc(Cl)c(CNCCc2ccco2)c1. The normalized spacial score (nSPS) is 10.6. The van der Waals surface area contributed by atoms with Gasteiger partial charge in [0.05, 0.1) is 11.2 Å². The molecule has 100 valence electrons. The lowest BCUT2D eigenvalue weighted by Crippen LogP contribution is -2.16. The van der Waals surface area contributed by atoms with E-state index < -0.39 is 4.92 Å². The lowest BCUT2D eigenvalue weighted by molar-refractivity contribution is -0.384. The first kappa shape index (κ1) is 13.6. The van der Waals surface area contributed by atoms with Crippen LogP contribution in [0.4, 0.5) is 5.69 Å². The molecule has 0 aliphatic heterocycles. The van der Waals surface area contributed by atoms with Crippen LogP contribution in [0.2, 0.25) is 5.02 Å². The summed E-state index contributed by atoms with van der Waals surface area (Å²) >= 11 is 6.00. The van der Waals surface area contributed by atoms with Gasteiger partial charge in [-0.1, -0.05) is 11.6 Å². The molecule has 1 aromatic carbocycles. The maximum absolute atomic E-state index is 10.7. The van der Waals surface area contributed by atoms with E-state index >= 15 is 0 Å². The predicted molar refractivity (Wildman–Crippen MR) is 72.2 cm³/mol. The lowest BCUT2D eigenvalue weighted by atomic mass is 10.2. The first-order chi connectivity index (χ1) is 9.16. The summed E-state index contributed by atoms with van der Waals surface area (Å²) in [6.45, 7) is 1.20. The zero-order valence-electron chi connectivity index (χ0n) is 10.1. The minimum absolute atomic E-state index is 0.0484.